The fraction of sp³-hybridized carbons (Fsp3) is 0.538. The van der Waals surface area contributed by atoms with Crippen molar-refractivity contribution in [2.24, 2.45) is 0 Å². The second-order valence-corrected chi connectivity index (χ2v) is 7.02. The number of aryl methyl sites for hydroxylation is 1. The SMILES string of the molecule is CCCN(CCBr)S(=O)(=O)CCc1ccccc1. The van der Waals surface area contributed by atoms with Gasteiger partial charge in [-0.05, 0) is 18.4 Å². The zero-order valence-corrected chi connectivity index (χ0v) is 13.1. The van der Waals surface area contributed by atoms with Gasteiger partial charge in [-0.3, -0.25) is 0 Å². The van der Waals surface area contributed by atoms with Gasteiger partial charge in [0.25, 0.3) is 0 Å². The van der Waals surface area contributed by atoms with E-state index in [4.69, 9.17) is 0 Å². The van der Waals surface area contributed by atoms with E-state index < -0.39 is 10.0 Å². The molecule has 0 unspecified atom stereocenters. The molecule has 1 aromatic carbocycles. The topological polar surface area (TPSA) is 37.4 Å². The predicted molar refractivity (Wildman–Crippen MR) is 79.6 cm³/mol. The second kappa shape index (κ2) is 7.92. The van der Waals surface area contributed by atoms with E-state index in [2.05, 4.69) is 15.9 Å². The standard InChI is InChI=1S/C13H20BrNO2S/c1-2-10-15(11-9-14)18(16,17)12-8-13-6-4-3-5-7-13/h3-7H,2,8-12H2,1H3. The summed E-state index contributed by atoms with van der Waals surface area (Å²) in [6, 6.07) is 9.73. The third-order valence-electron chi connectivity index (χ3n) is 2.69. The fourth-order valence-electron chi connectivity index (χ4n) is 1.75. The fourth-order valence-corrected chi connectivity index (χ4v) is 4.00. The Morgan fingerprint density at radius 2 is 1.83 bits per heavy atom. The molecule has 0 bridgehead atoms. The number of rotatable bonds is 8. The van der Waals surface area contributed by atoms with Gasteiger partial charge in [0.1, 0.15) is 0 Å². The van der Waals surface area contributed by atoms with Crippen LogP contribution in [0.5, 0.6) is 0 Å². The minimum Gasteiger partial charge on any atom is -0.212 e. The molecule has 0 aromatic heterocycles. The molecule has 0 aliphatic carbocycles. The first kappa shape index (κ1) is 15.7. The molecule has 0 spiro atoms. The van der Waals surface area contributed by atoms with Gasteiger partial charge in [0, 0.05) is 18.4 Å². The van der Waals surface area contributed by atoms with Gasteiger partial charge in [-0.1, -0.05) is 53.2 Å². The summed E-state index contributed by atoms with van der Waals surface area (Å²) >= 11 is 3.30. The molecule has 1 rings (SSSR count). The van der Waals surface area contributed by atoms with Gasteiger partial charge >= 0.3 is 0 Å². The number of halogens is 1. The number of alkyl halides is 1. The second-order valence-electron chi connectivity index (χ2n) is 4.14. The third-order valence-corrected chi connectivity index (χ3v) is 4.92. The Morgan fingerprint density at radius 1 is 1.17 bits per heavy atom. The molecule has 0 aliphatic rings. The minimum atomic E-state index is -3.14. The lowest BCUT2D eigenvalue weighted by molar-refractivity contribution is 0.430. The quantitative estimate of drug-likeness (QED) is 0.686. The molecule has 0 aliphatic heterocycles. The van der Waals surface area contributed by atoms with Crippen molar-refractivity contribution < 1.29 is 8.42 Å². The van der Waals surface area contributed by atoms with Crippen LogP contribution in [0, 0.1) is 0 Å². The number of nitrogens with zero attached hydrogens (tertiary/aromatic N) is 1. The van der Waals surface area contributed by atoms with Gasteiger partial charge in [0.2, 0.25) is 10.0 Å². The summed E-state index contributed by atoms with van der Waals surface area (Å²) in [5.41, 5.74) is 1.07. The van der Waals surface area contributed by atoms with Crippen LogP contribution in [-0.4, -0.2) is 36.9 Å². The predicted octanol–water partition coefficient (Wildman–Crippen LogP) is 2.67. The highest BCUT2D eigenvalue weighted by molar-refractivity contribution is 9.09. The van der Waals surface area contributed by atoms with E-state index in [-0.39, 0.29) is 5.75 Å². The van der Waals surface area contributed by atoms with Gasteiger partial charge in [-0.25, -0.2) is 12.7 Å². The normalized spacial score (nSPS) is 11.9. The van der Waals surface area contributed by atoms with Crippen LogP contribution >= 0.6 is 15.9 Å². The molecule has 3 nitrogen and oxygen atoms in total. The van der Waals surface area contributed by atoms with Gasteiger partial charge in [-0.2, -0.15) is 0 Å². The van der Waals surface area contributed by atoms with Crippen molar-refractivity contribution in [3.63, 3.8) is 0 Å². The van der Waals surface area contributed by atoms with Crippen molar-refractivity contribution in [2.45, 2.75) is 19.8 Å². The third kappa shape index (κ3) is 5.08. The highest BCUT2D eigenvalue weighted by Crippen LogP contribution is 2.08. The van der Waals surface area contributed by atoms with Crippen molar-refractivity contribution >= 4 is 26.0 Å². The van der Waals surface area contributed by atoms with Crippen molar-refractivity contribution in [2.75, 3.05) is 24.2 Å². The van der Waals surface area contributed by atoms with E-state index in [9.17, 15) is 8.42 Å². The van der Waals surface area contributed by atoms with Crippen LogP contribution in [0.4, 0.5) is 0 Å². The van der Waals surface area contributed by atoms with Crippen molar-refractivity contribution in [3.05, 3.63) is 35.9 Å². The van der Waals surface area contributed by atoms with E-state index in [0.717, 1.165) is 12.0 Å². The monoisotopic (exact) mass is 333 g/mol. The molecule has 102 valence electrons. The average Bonchev–Trinajstić information content (AvgIpc) is 2.37. The molecule has 0 atom stereocenters. The first-order chi connectivity index (χ1) is 8.60. The van der Waals surface area contributed by atoms with E-state index in [1.165, 1.54) is 0 Å². The highest BCUT2D eigenvalue weighted by Gasteiger charge is 2.20. The van der Waals surface area contributed by atoms with Crippen molar-refractivity contribution in [1.29, 1.82) is 0 Å². The molecule has 0 saturated heterocycles. The summed E-state index contributed by atoms with van der Waals surface area (Å²) in [6.07, 6.45) is 1.42. The summed E-state index contributed by atoms with van der Waals surface area (Å²) in [4.78, 5) is 0. The molecule has 0 amide bonds. The molecule has 0 N–H and O–H groups in total. The highest BCUT2D eigenvalue weighted by atomic mass is 79.9. The molecule has 0 heterocycles. The van der Waals surface area contributed by atoms with Gasteiger partial charge in [-0.15, -0.1) is 0 Å². The zero-order valence-electron chi connectivity index (χ0n) is 10.7. The Balaban J connectivity index is 2.62. The Kier molecular flexibility index (Phi) is 6.89. The molecule has 1 aromatic rings. The maximum atomic E-state index is 12.2. The largest absolute Gasteiger partial charge is 0.214 e. The summed E-state index contributed by atoms with van der Waals surface area (Å²) in [5.74, 6) is 0.185. The molecule has 0 fully saturated rings. The molecular weight excluding hydrogens is 314 g/mol. The Hall–Kier alpha value is -0.390. The molecule has 0 saturated carbocycles. The molecular formula is C13H20BrNO2S. The van der Waals surface area contributed by atoms with E-state index in [1.54, 1.807) is 4.31 Å². The van der Waals surface area contributed by atoms with Gasteiger partial charge < -0.3 is 0 Å². The first-order valence-corrected chi connectivity index (χ1v) is 8.91. The Labute approximate surface area is 118 Å². The summed E-state index contributed by atoms with van der Waals surface area (Å²) < 4.78 is 26.0. The lowest BCUT2D eigenvalue weighted by Crippen LogP contribution is -2.35. The number of benzene rings is 1. The van der Waals surface area contributed by atoms with Crippen LogP contribution in [0.1, 0.15) is 18.9 Å². The van der Waals surface area contributed by atoms with Crippen LogP contribution in [0.25, 0.3) is 0 Å². The van der Waals surface area contributed by atoms with Crippen LogP contribution in [-0.2, 0) is 16.4 Å². The summed E-state index contributed by atoms with van der Waals surface area (Å²) in [5, 5.41) is 0.678. The molecule has 0 radical (unpaired) electrons. The lowest BCUT2D eigenvalue weighted by Gasteiger charge is -2.20. The van der Waals surface area contributed by atoms with Crippen molar-refractivity contribution in [1.82, 2.24) is 4.31 Å². The maximum absolute atomic E-state index is 12.2. The summed E-state index contributed by atoms with van der Waals surface area (Å²) in [6.45, 7) is 3.14. The Bertz CT molecular complexity index is 428. The smallest absolute Gasteiger partial charge is 0.212 e. The van der Waals surface area contributed by atoms with E-state index in [0.29, 0.717) is 24.8 Å². The van der Waals surface area contributed by atoms with Gasteiger partial charge in [0.15, 0.2) is 0 Å². The van der Waals surface area contributed by atoms with Crippen LogP contribution in [0.2, 0.25) is 0 Å². The zero-order chi connectivity index (χ0) is 13.4. The maximum Gasteiger partial charge on any atom is 0.214 e. The number of hydrogen-bond donors (Lipinski definition) is 0. The summed E-state index contributed by atoms with van der Waals surface area (Å²) in [7, 11) is -3.14. The van der Waals surface area contributed by atoms with Crippen molar-refractivity contribution in [3.8, 4) is 0 Å². The lowest BCUT2D eigenvalue weighted by atomic mass is 10.2. The van der Waals surface area contributed by atoms with Crippen LogP contribution in [0.15, 0.2) is 30.3 Å². The molecule has 5 heteroatoms. The van der Waals surface area contributed by atoms with Crippen LogP contribution in [0.3, 0.4) is 0 Å². The molecule has 18 heavy (non-hydrogen) atoms. The number of sulfonamides is 1. The number of hydrogen-bond acceptors (Lipinski definition) is 2. The average molecular weight is 334 g/mol. The van der Waals surface area contributed by atoms with E-state index in [1.807, 2.05) is 37.3 Å². The van der Waals surface area contributed by atoms with Crippen LogP contribution < -0.4 is 0 Å². The van der Waals surface area contributed by atoms with Gasteiger partial charge in [0.05, 0.1) is 5.75 Å². The van der Waals surface area contributed by atoms with E-state index >= 15 is 0 Å². The minimum absolute atomic E-state index is 0.185. The first-order valence-electron chi connectivity index (χ1n) is 6.18. The Morgan fingerprint density at radius 3 is 2.39 bits per heavy atom.